The number of rotatable bonds is 6. The molecule has 0 amide bonds. The molecule has 0 bridgehead atoms. The second kappa shape index (κ2) is 9.40. The first-order valence-electron chi connectivity index (χ1n) is 10.1. The van der Waals surface area contributed by atoms with E-state index in [1.165, 1.54) is 30.4 Å². The SMILES string of the molecule is Cc1cc(OCc2ncc(F)cc2F)c(Cl)c(=O)n1-c1cc(-c2csc(C(C)(C)O)n2)ncc1F. The van der Waals surface area contributed by atoms with Gasteiger partial charge in [0.05, 0.1) is 23.8 Å². The van der Waals surface area contributed by atoms with Crippen molar-refractivity contribution in [3.63, 3.8) is 0 Å². The van der Waals surface area contributed by atoms with Crippen molar-refractivity contribution in [2.75, 3.05) is 0 Å². The minimum Gasteiger partial charge on any atom is -0.485 e. The molecule has 0 saturated heterocycles. The van der Waals surface area contributed by atoms with Crippen molar-refractivity contribution in [3.05, 3.63) is 85.2 Å². The lowest BCUT2D eigenvalue weighted by Crippen LogP contribution is -2.23. The molecule has 0 aliphatic carbocycles. The molecule has 0 fully saturated rings. The molecule has 0 saturated carbocycles. The quantitative estimate of drug-likeness (QED) is 0.386. The molecule has 0 spiro atoms. The van der Waals surface area contributed by atoms with Crippen molar-refractivity contribution in [3.8, 4) is 22.8 Å². The molecule has 0 aliphatic rings. The fraction of sp³-hybridized carbons (Fsp3) is 0.217. The Morgan fingerprint density at radius 3 is 2.51 bits per heavy atom. The highest BCUT2D eigenvalue weighted by Crippen LogP contribution is 2.30. The molecule has 182 valence electrons. The van der Waals surface area contributed by atoms with Gasteiger partial charge in [-0.2, -0.15) is 0 Å². The predicted molar refractivity (Wildman–Crippen MR) is 124 cm³/mol. The van der Waals surface area contributed by atoms with Gasteiger partial charge in [-0.15, -0.1) is 11.3 Å². The average molecular weight is 523 g/mol. The summed E-state index contributed by atoms with van der Waals surface area (Å²) >= 11 is 7.42. The number of aryl methyl sites for hydroxylation is 1. The van der Waals surface area contributed by atoms with Crippen LogP contribution < -0.4 is 10.3 Å². The molecule has 4 aromatic heterocycles. The minimum absolute atomic E-state index is 0.0695. The Hall–Kier alpha value is -3.28. The van der Waals surface area contributed by atoms with Gasteiger partial charge in [0.2, 0.25) is 0 Å². The summed E-state index contributed by atoms with van der Waals surface area (Å²) in [6.45, 7) is 4.31. The lowest BCUT2D eigenvalue weighted by molar-refractivity contribution is 0.0783. The van der Waals surface area contributed by atoms with Crippen LogP contribution in [0.4, 0.5) is 13.2 Å². The van der Waals surface area contributed by atoms with Crippen LogP contribution in [0.25, 0.3) is 17.1 Å². The van der Waals surface area contributed by atoms with Gasteiger partial charge in [-0.3, -0.25) is 19.3 Å². The zero-order chi connectivity index (χ0) is 25.5. The van der Waals surface area contributed by atoms with Crippen molar-refractivity contribution in [1.82, 2.24) is 19.5 Å². The van der Waals surface area contributed by atoms with Gasteiger partial charge < -0.3 is 9.84 Å². The van der Waals surface area contributed by atoms with Crippen molar-refractivity contribution >= 4 is 22.9 Å². The Balaban J connectivity index is 1.70. The Bertz CT molecular complexity index is 1480. The van der Waals surface area contributed by atoms with Gasteiger partial charge in [-0.25, -0.2) is 18.2 Å². The van der Waals surface area contributed by atoms with Gasteiger partial charge in [0.25, 0.3) is 5.56 Å². The summed E-state index contributed by atoms with van der Waals surface area (Å²) in [6.07, 6.45) is 1.80. The summed E-state index contributed by atoms with van der Waals surface area (Å²) in [5.41, 5.74) is -1.27. The topological polar surface area (TPSA) is 90.1 Å². The monoisotopic (exact) mass is 522 g/mol. The van der Waals surface area contributed by atoms with E-state index >= 15 is 0 Å². The van der Waals surface area contributed by atoms with Gasteiger partial charge in [-0.05, 0) is 26.8 Å². The lowest BCUT2D eigenvalue weighted by Gasteiger charge is -2.15. The molecule has 0 aromatic carbocycles. The lowest BCUT2D eigenvalue weighted by atomic mass is 10.1. The van der Waals surface area contributed by atoms with Crippen LogP contribution in [-0.4, -0.2) is 24.6 Å². The Morgan fingerprint density at radius 2 is 1.86 bits per heavy atom. The first kappa shape index (κ1) is 24.8. The van der Waals surface area contributed by atoms with Crippen molar-refractivity contribution in [2.24, 2.45) is 0 Å². The zero-order valence-electron chi connectivity index (χ0n) is 18.6. The number of pyridine rings is 3. The van der Waals surface area contributed by atoms with Crippen molar-refractivity contribution < 1.29 is 23.0 Å². The molecule has 12 heteroatoms. The molecule has 0 radical (unpaired) electrons. The van der Waals surface area contributed by atoms with Crippen LogP contribution in [-0.2, 0) is 12.2 Å². The second-order valence-electron chi connectivity index (χ2n) is 8.09. The number of aromatic nitrogens is 4. The highest BCUT2D eigenvalue weighted by molar-refractivity contribution is 7.10. The van der Waals surface area contributed by atoms with Gasteiger partial charge in [0, 0.05) is 23.2 Å². The average Bonchev–Trinajstić information content (AvgIpc) is 3.28. The minimum atomic E-state index is -1.16. The molecule has 4 aromatic rings. The van der Waals surface area contributed by atoms with Crippen LogP contribution in [0.5, 0.6) is 5.75 Å². The number of nitrogens with zero attached hydrogens (tertiary/aromatic N) is 4. The predicted octanol–water partition coefficient (Wildman–Crippen LogP) is 4.94. The third-order valence-electron chi connectivity index (χ3n) is 4.91. The number of thiazole rings is 1. The van der Waals surface area contributed by atoms with Crippen LogP contribution in [0.15, 0.2) is 40.8 Å². The fourth-order valence-corrected chi connectivity index (χ4v) is 4.22. The Kier molecular flexibility index (Phi) is 6.67. The molecule has 1 N–H and O–H groups in total. The summed E-state index contributed by atoms with van der Waals surface area (Å²) in [5.74, 6) is -2.60. The maximum absolute atomic E-state index is 14.8. The van der Waals surface area contributed by atoms with Crippen LogP contribution in [0.3, 0.4) is 0 Å². The molecule has 4 heterocycles. The number of aliphatic hydroxyl groups is 1. The van der Waals surface area contributed by atoms with E-state index in [0.717, 1.165) is 17.0 Å². The molecule has 0 unspecified atom stereocenters. The summed E-state index contributed by atoms with van der Waals surface area (Å²) in [4.78, 5) is 25.1. The highest BCUT2D eigenvalue weighted by Gasteiger charge is 2.22. The molecule has 35 heavy (non-hydrogen) atoms. The smallest absolute Gasteiger partial charge is 0.277 e. The number of hydrogen-bond acceptors (Lipinski definition) is 7. The summed E-state index contributed by atoms with van der Waals surface area (Å²) in [6, 6.07) is 3.40. The number of ether oxygens (including phenoxy) is 1. The van der Waals surface area contributed by atoms with Crippen LogP contribution >= 0.6 is 22.9 Å². The van der Waals surface area contributed by atoms with E-state index in [9.17, 15) is 23.1 Å². The van der Waals surface area contributed by atoms with Crippen molar-refractivity contribution in [2.45, 2.75) is 33.0 Å². The molecular formula is C23H18ClF3N4O3S. The number of halogens is 4. The first-order valence-corrected chi connectivity index (χ1v) is 11.4. The van der Waals surface area contributed by atoms with E-state index in [1.807, 2.05) is 0 Å². The molecule has 0 atom stereocenters. The van der Waals surface area contributed by atoms with Gasteiger partial charge >= 0.3 is 0 Å². The molecule has 0 aliphatic heterocycles. The van der Waals surface area contributed by atoms with Crippen molar-refractivity contribution in [1.29, 1.82) is 0 Å². The highest BCUT2D eigenvalue weighted by atomic mass is 35.5. The van der Waals surface area contributed by atoms with E-state index in [-0.39, 0.29) is 33.5 Å². The van der Waals surface area contributed by atoms with E-state index in [1.54, 1.807) is 19.2 Å². The Morgan fingerprint density at radius 1 is 1.11 bits per heavy atom. The third kappa shape index (κ3) is 5.07. The summed E-state index contributed by atoms with van der Waals surface area (Å²) in [5, 5.41) is 11.9. The van der Waals surface area contributed by atoms with E-state index < -0.39 is 35.2 Å². The first-order chi connectivity index (χ1) is 16.5. The van der Waals surface area contributed by atoms with Crippen LogP contribution in [0.2, 0.25) is 5.02 Å². The fourth-order valence-electron chi connectivity index (χ4n) is 3.19. The normalized spacial score (nSPS) is 11.7. The molecule has 7 nitrogen and oxygen atoms in total. The maximum Gasteiger partial charge on any atom is 0.277 e. The maximum atomic E-state index is 14.8. The Labute approximate surface area is 206 Å². The molecule has 4 rings (SSSR count). The van der Waals surface area contributed by atoms with E-state index in [2.05, 4.69) is 15.0 Å². The second-order valence-corrected chi connectivity index (χ2v) is 9.33. The summed E-state index contributed by atoms with van der Waals surface area (Å²) < 4.78 is 48.2. The largest absolute Gasteiger partial charge is 0.485 e. The van der Waals surface area contributed by atoms with Gasteiger partial charge in [0.1, 0.15) is 45.2 Å². The van der Waals surface area contributed by atoms with Crippen LogP contribution in [0.1, 0.15) is 30.2 Å². The van der Waals surface area contributed by atoms with Gasteiger partial charge in [0.15, 0.2) is 11.6 Å². The number of hydrogen-bond donors (Lipinski definition) is 1. The molecular weight excluding hydrogens is 505 g/mol. The van der Waals surface area contributed by atoms with Crippen LogP contribution in [0, 0.1) is 24.4 Å². The van der Waals surface area contributed by atoms with Gasteiger partial charge in [-0.1, -0.05) is 11.6 Å². The summed E-state index contributed by atoms with van der Waals surface area (Å²) in [7, 11) is 0. The zero-order valence-corrected chi connectivity index (χ0v) is 20.2. The standard InChI is InChI=1S/C23H18ClF3N4O3S/c1-11-4-19(34-9-16-13(26)5-12(25)7-28-16)20(24)21(32)31(11)18-6-15(29-8-14(18)27)17-10-35-22(30-17)23(2,3)33/h4-8,10,33H,9H2,1-3H3. The van der Waals surface area contributed by atoms with E-state index in [0.29, 0.717) is 16.8 Å². The van der Waals surface area contributed by atoms with E-state index in [4.69, 9.17) is 16.3 Å². The third-order valence-corrected chi connectivity index (χ3v) is 6.42.